The zero-order valence-corrected chi connectivity index (χ0v) is 12.8. The molecule has 0 aliphatic carbocycles. The van der Waals surface area contributed by atoms with Crippen LogP contribution in [0.15, 0.2) is 18.3 Å². The number of carbonyl (C=O) groups is 1. The lowest BCUT2D eigenvalue weighted by atomic mass is 10.2. The highest BCUT2D eigenvalue weighted by atomic mass is 35.5. The maximum atomic E-state index is 12.2. The van der Waals surface area contributed by atoms with Gasteiger partial charge in [-0.25, -0.2) is 9.97 Å². The molecule has 2 aromatic heterocycles. The van der Waals surface area contributed by atoms with Crippen LogP contribution < -0.4 is 5.32 Å². The van der Waals surface area contributed by atoms with Crippen molar-refractivity contribution in [3.8, 4) is 0 Å². The van der Waals surface area contributed by atoms with Crippen molar-refractivity contribution in [1.82, 2.24) is 19.9 Å². The van der Waals surface area contributed by atoms with Crippen molar-refractivity contribution < 1.29 is 4.79 Å². The second-order valence-electron chi connectivity index (χ2n) is 5.14. The predicted octanol–water partition coefficient (Wildman–Crippen LogP) is 2.82. The van der Waals surface area contributed by atoms with E-state index in [0.717, 1.165) is 5.52 Å². The third kappa shape index (κ3) is 2.77. The minimum Gasteiger partial charge on any atom is -0.352 e. The molecule has 20 heavy (non-hydrogen) atoms. The molecular weight excluding hydrogens is 276 g/mol. The molecule has 2 atom stereocenters. The summed E-state index contributed by atoms with van der Waals surface area (Å²) in [4.78, 5) is 21.1. The van der Waals surface area contributed by atoms with Crippen molar-refractivity contribution in [3.63, 3.8) is 0 Å². The molecule has 5 nitrogen and oxygen atoms in total. The van der Waals surface area contributed by atoms with Crippen LogP contribution in [0.5, 0.6) is 0 Å². The fourth-order valence-corrected chi connectivity index (χ4v) is 2.29. The van der Waals surface area contributed by atoms with E-state index in [0.29, 0.717) is 11.5 Å². The highest BCUT2D eigenvalue weighted by Gasteiger charge is 2.24. The fourth-order valence-electron chi connectivity index (χ4n) is 2.13. The standard InChI is InChI=1S/C14H19ClN4O/c1-8(2)17-14(20)10(4)19-12(9(3)15)18-11-6-5-7-16-13(11)19/h5-10H,1-4H3,(H,17,20). The number of rotatable bonds is 4. The lowest BCUT2D eigenvalue weighted by Gasteiger charge is -2.19. The normalized spacial score (nSPS) is 14.5. The predicted molar refractivity (Wildman–Crippen MR) is 79.8 cm³/mol. The number of hydrogen-bond acceptors (Lipinski definition) is 3. The first-order valence-electron chi connectivity index (χ1n) is 6.69. The Hall–Kier alpha value is -1.62. The van der Waals surface area contributed by atoms with E-state index in [-0.39, 0.29) is 17.3 Å². The Morgan fingerprint density at radius 1 is 1.35 bits per heavy atom. The van der Waals surface area contributed by atoms with Crippen LogP contribution in [-0.4, -0.2) is 26.5 Å². The van der Waals surface area contributed by atoms with Crippen LogP contribution in [0.4, 0.5) is 0 Å². The second kappa shape index (κ2) is 5.79. The van der Waals surface area contributed by atoms with Crippen LogP contribution in [0.1, 0.15) is 44.9 Å². The fraction of sp³-hybridized carbons (Fsp3) is 0.500. The molecule has 0 fully saturated rings. The van der Waals surface area contributed by atoms with Crippen molar-refractivity contribution >= 4 is 28.7 Å². The van der Waals surface area contributed by atoms with E-state index in [1.807, 2.05) is 44.4 Å². The average molecular weight is 295 g/mol. The van der Waals surface area contributed by atoms with Crippen LogP contribution in [0, 0.1) is 0 Å². The molecule has 2 heterocycles. The Kier molecular flexibility index (Phi) is 4.28. The number of fused-ring (bicyclic) bond motifs is 1. The molecule has 0 saturated heterocycles. The van der Waals surface area contributed by atoms with E-state index in [2.05, 4.69) is 15.3 Å². The Labute approximate surface area is 123 Å². The first-order valence-corrected chi connectivity index (χ1v) is 7.12. The molecule has 0 aromatic carbocycles. The van der Waals surface area contributed by atoms with E-state index in [1.54, 1.807) is 6.20 Å². The number of pyridine rings is 1. The molecule has 0 radical (unpaired) electrons. The molecule has 2 rings (SSSR count). The maximum absolute atomic E-state index is 12.2. The number of amides is 1. The van der Waals surface area contributed by atoms with E-state index < -0.39 is 6.04 Å². The molecule has 6 heteroatoms. The number of nitrogens with one attached hydrogen (secondary N) is 1. The van der Waals surface area contributed by atoms with E-state index in [4.69, 9.17) is 11.6 Å². The minimum absolute atomic E-state index is 0.0662. The molecule has 2 aromatic rings. The molecule has 0 spiro atoms. The highest BCUT2D eigenvalue weighted by Crippen LogP contribution is 2.26. The van der Waals surface area contributed by atoms with Gasteiger partial charge in [-0.15, -0.1) is 11.6 Å². The molecule has 0 bridgehead atoms. The molecule has 0 saturated carbocycles. The summed E-state index contributed by atoms with van der Waals surface area (Å²) in [6.07, 6.45) is 1.69. The summed E-state index contributed by atoms with van der Waals surface area (Å²) < 4.78 is 1.81. The quantitative estimate of drug-likeness (QED) is 0.882. The summed E-state index contributed by atoms with van der Waals surface area (Å²) in [7, 11) is 0. The topological polar surface area (TPSA) is 59.8 Å². The minimum atomic E-state index is -0.409. The highest BCUT2D eigenvalue weighted by molar-refractivity contribution is 6.20. The van der Waals surface area contributed by atoms with Gasteiger partial charge >= 0.3 is 0 Å². The van der Waals surface area contributed by atoms with Crippen LogP contribution in [0.2, 0.25) is 0 Å². The molecule has 1 amide bonds. The third-order valence-corrected chi connectivity index (χ3v) is 3.22. The number of alkyl halides is 1. The first kappa shape index (κ1) is 14.8. The van der Waals surface area contributed by atoms with Crippen LogP contribution in [-0.2, 0) is 4.79 Å². The van der Waals surface area contributed by atoms with Gasteiger partial charge in [-0.2, -0.15) is 0 Å². The number of halogens is 1. The summed E-state index contributed by atoms with van der Waals surface area (Å²) in [5, 5.41) is 2.61. The summed E-state index contributed by atoms with van der Waals surface area (Å²) in [6.45, 7) is 7.53. The van der Waals surface area contributed by atoms with Crippen molar-refractivity contribution in [2.45, 2.75) is 45.2 Å². The zero-order chi connectivity index (χ0) is 14.9. The van der Waals surface area contributed by atoms with Crippen molar-refractivity contribution in [2.24, 2.45) is 0 Å². The van der Waals surface area contributed by atoms with Crippen molar-refractivity contribution in [2.75, 3.05) is 0 Å². The first-order chi connectivity index (χ1) is 9.41. The summed E-state index contributed by atoms with van der Waals surface area (Å²) in [5.74, 6) is 0.593. The van der Waals surface area contributed by atoms with Gasteiger partial charge in [0.15, 0.2) is 5.65 Å². The van der Waals surface area contributed by atoms with Gasteiger partial charge in [-0.3, -0.25) is 9.36 Å². The van der Waals surface area contributed by atoms with E-state index in [9.17, 15) is 4.79 Å². The van der Waals surface area contributed by atoms with Gasteiger partial charge in [0.2, 0.25) is 5.91 Å². The van der Waals surface area contributed by atoms with Gasteiger partial charge in [-0.05, 0) is 39.8 Å². The Morgan fingerprint density at radius 3 is 2.65 bits per heavy atom. The van der Waals surface area contributed by atoms with Gasteiger partial charge < -0.3 is 5.32 Å². The largest absolute Gasteiger partial charge is 0.352 e. The maximum Gasteiger partial charge on any atom is 0.243 e. The summed E-state index contributed by atoms with van der Waals surface area (Å²) in [6, 6.07) is 3.37. The number of hydrogen-bond donors (Lipinski definition) is 1. The molecule has 0 aliphatic heterocycles. The van der Waals surface area contributed by atoms with Gasteiger partial charge in [0.1, 0.15) is 17.4 Å². The monoisotopic (exact) mass is 294 g/mol. The smallest absolute Gasteiger partial charge is 0.243 e. The Morgan fingerprint density at radius 2 is 2.05 bits per heavy atom. The molecular formula is C14H19ClN4O. The number of aromatic nitrogens is 3. The van der Waals surface area contributed by atoms with E-state index in [1.165, 1.54) is 0 Å². The third-order valence-electron chi connectivity index (χ3n) is 3.03. The molecule has 1 N–H and O–H groups in total. The number of imidazole rings is 1. The second-order valence-corrected chi connectivity index (χ2v) is 5.80. The summed E-state index contributed by atoms with van der Waals surface area (Å²) >= 11 is 6.19. The number of carbonyl (C=O) groups excluding carboxylic acids is 1. The van der Waals surface area contributed by atoms with Gasteiger partial charge in [0.05, 0.1) is 5.38 Å². The Balaban J connectivity index is 2.51. The molecule has 2 unspecified atom stereocenters. The van der Waals surface area contributed by atoms with Crippen LogP contribution >= 0.6 is 11.6 Å². The zero-order valence-electron chi connectivity index (χ0n) is 12.1. The lowest BCUT2D eigenvalue weighted by Crippen LogP contribution is -2.36. The van der Waals surface area contributed by atoms with Crippen LogP contribution in [0.25, 0.3) is 11.2 Å². The average Bonchev–Trinajstić information content (AvgIpc) is 2.76. The van der Waals surface area contributed by atoms with Gasteiger partial charge in [-0.1, -0.05) is 0 Å². The summed E-state index contributed by atoms with van der Waals surface area (Å²) in [5.41, 5.74) is 1.43. The lowest BCUT2D eigenvalue weighted by molar-refractivity contribution is -0.124. The van der Waals surface area contributed by atoms with Crippen molar-refractivity contribution in [3.05, 3.63) is 24.2 Å². The number of nitrogens with zero attached hydrogens (tertiary/aromatic N) is 3. The molecule has 0 aliphatic rings. The SMILES string of the molecule is CC(C)NC(=O)C(C)n1c(C(C)Cl)nc2cccnc21. The van der Waals surface area contributed by atoms with Gasteiger partial charge in [0, 0.05) is 12.2 Å². The van der Waals surface area contributed by atoms with Crippen LogP contribution in [0.3, 0.4) is 0 Å². The van der Waals surface area contributed by atoms with Crippen molar-refractivity contribution in [1.29, 1.82) is 0 Å². The van der Waals surface area contributed by atoms with E-state index >= 15 is 0 Å². The Bertz CT molecular complexity index is 621. The van der Waals surface area contributed by atoms with Gasteiger partial charge in [0.25, 0.3) is 0 Å². The molecule has 108 valence electrons.